The molecule has 6 heteroatoms. The lowest BCUT2D eigenvalue weighted by Crippen LogP contribution is -2.11. The number of carbonyl (C=O) groups excluding carboxylic acids is 1. The maximum Gasteiger partial charge on any atom is 0.255 e. The van der Waals surface area contributed by atoms with Gasteiger partial charge in [-0.3, -0.25) is 14.8 Å². The summed E-state index contributed by atoms with van der Waals surface area (Å²) in [4.78, 5) is 20.6. The molecule has 0 atom stereocenters. The zero-order valence-corrected chi connectivity index (χ0v) is 12.5. The van der Waals surface area contributed by atoms with Gasteiger partial charge in [-0.25, -0.2) is 0 Å². The molecule has 3 aromatic rings. The molecule has 22 heavy (non-hydrogen) atoms. The van der Waals surface area contributed by atoms with Crippen molar-refractivity contribution in [2.75, 3.05) is 12.4 Å². The molecule has 3 rings (SSSR count). The van der Waals surface area contributed by atoms with Crippen molar-refractivity contribution in [3.63, 3.8) is 0 Å². The second-order valence-electron chi connectivity index (χ2n) is 4.56. The summed E-state index contributed by atoms with van der Waals surface area (Å²) in [5, 5.41) is 3.22. The number of rotatable bonds is 3. The molecule has 0 saturated carbocycles. The Morgan fingerprint density at radius 3 is 2.59 bits per heavy atom. The minimum absolute atomic E-state index is 0.242. The summed E-state index contributed by atoms with van der Waals surface area (Å²) in [6, 6.07) is 10.2. The maximum atomic E-state index is 12.3. The normalized spacial score (nSPS) is 10.5. The Morgan fingerprint density at radius 2 is 1.86 bits per heavy atom. The van der Waals surface area contributed by atoms with Gasteiger partial charge < -0.3 is 10.1 Å². The van der Waals surface area contributed by atoms with Crippen LogP contribution in [0.15, 0.2) is 48.8 Å². The van der Waals surface area contributed by atoms with Gasteiger partial charge in [0.1, 0.15) is 5.75 Å². The predicted octanol–water partition coefficient (Wildman–Crippen LogP) is 3.54. The Balaban J connectivity index is 1.85. The van der Waals surface area contributed by atoms with Crippen molar-refractivity contribution in [1.29, 1.82) is 0 Å². The van der Waals surface area contributed by atoms with Crippen molar-refractivity contribution in [2.45, 2.75) is 0 Å². The number of halogens is 1. The molecule has 1 amide bonds. The first kappa shape index (κ1) is 14.3. The van der Waals surface area contributed by atoms with Gasteiger partial charge in [-0.05, 0) is 36.4 Å². The zero-order chi connectivity index (χ0) is 15.5. The van der Waals surface area contributed by atoms with Crippen LogP contribution in [0.5, 0.6) is 5.75 Å². The van der Waals surface area contributed by atoms with Gasteiger partial charge in [0, 0.05) is 23.6 Å². The minimum Gasteiger partial charge on any atom is -0.495 e. The number of methoxy groups -OCH3 is 1. The summed E-state index contributed by atoms with van der Waals surface area (Å²) in [6.07, 6.45) is 3.20. The summed E-state index contributed by atoms with van der Waals surface area (Å²) >= 11 is 6.04. The molecule has 0 saturated heterocycles. The van der Waals surface area contributed by atoms with Gasteiger partial charge in [-0.15, -0.1) is 0 Å². The first-order valence-electron chi connectivity index (χ1n) is 6.53. The summed E-state index contributed by atoms with van der Waals surface area (Å²) in [5.74, 6) is 0.314. The Bertz CT molecular complexity index is 852. The molecular formula is C16H12ClN3O2. The molecule has 0 radical (unpaired) electrons. The highest BCUT2D eigenvalue weighted by molar-refractivity contribution is 6.32. The van der Waals surface area contributed by atoms with E-state index in [1.807, 2.05) is 0 Å². The van der Waals surface area contributed by atoms with Crippen LogP contribution in [-0.4, -0.2) is 23.0 Å². The predicted molar refractivity (Wildman–Crippen MR) is 85.5 cm³/mol. The number of hydrogen-bond acceptors (Lipinski definition) is 4. The van der Waals surface area contributed by atoms with Crippen molar-refractivity contribution in [3.05, 3.63) is 59.4 Å². The smallest absolute Gasteiger partial charge is 0.255 e. The lowest BCUT2D eigenvalue weighted by Gasteiger charge is -2.08. The van der Waals surface area contributed by atoms with E-state index in [9.17, 15) is 4.79 Å². The van der Waals surface area contributed by atoms with Crippen molar-refractivity contribution < 1.29 is 9.53 Å². The number of benzene rings is 2. The minimum atomic E-state index is -0.242. The van der Waals surface area contributed by atoms with E-state index in [0.717, 1.165) is 5.52 Å². The van der Waals surface area contributed by atoms with Gasteiger partial charge in [-0.2, -0.15) is 0 Å². The van der Waals surface area contributed by atoms with E-state index < -0.39 is 0 Å². The quantitative estimate of drug-likeness (QED) is 0.803. The van der Waals surface area contributed by atoms with E-state index in [2.05, 4.69) is 15.3 Å². The van der Waals surface area contributed by atoms with E-state index in [0.29, 0.717) is 27.5 Å². The number of amides is 1. The highest BCUT2D eigenvalue weighted by Gasteiger charge is 2.09. The first-order chi connectivity index (χ1) is 10.7. The molecule has 5 nitrogen and oxygen atoms in total. The Kier molecular flexibility index (Phi) is 3.89. The van der Waals surface area contributed by atoms with Crippen LogP contribution in [0.3, 0.4) is 0 Å². The summed E-state index contributed by atoms with van der Waals surface area (Å²) in [6.45, 7) is 0. The monoisotopic (exact) mass is 313 g/mol. The van der Waals surface area contributed by atoms with Gasteiger partial charge in [0.15, 0.2) is 0 Å². The lowest BCUT2D eigenvalue weighted by molar-refractivity contribution is 0.102. The molecule has 0 aliphatic carbocycles. The van der Waals surface area contributed by atoms with Crippen LogP contribution in [0.1, 0.15) is 10.4 Å². The molecule has 0 bridgehead atoms. The molecule has 0 aliphatic heterocycles. The highest BCUT2D eigenvalue weighted by Crippen LogP contribution is 2.27. The average molecular weight is 314 g/mol. The summed E-state index contributed by atoms with van der Waals surface area (Å²) in [5.41, 5.74) is 2.50. The molecule has 2 aromatic carbocycles. The van der Waals surface area contributed by atoms with Crippen LogP contribution in [0.2, 0.25) is 5.02 Å². The number of ether oxygens (including phenoxy) is 1. The van der Waals surface area contributed by atoms with Crippen LogP contribution in [-0.2, 0) is 0 Å². The summed E-state index contributed by atoms with van der Waals surface area (Å²) < 4.78 is 5.08. The second kappa shape index (κ2) is 5.99. The fraction of sp³-hybridized carbons (Fsp3) is 0.0625. The number of hydrogen-bond donors (Lipinski definition) is 1. The van der Waals surface area contributed by atoms with Gasteiger partial charge in [0.25, 0.3) is 5.91 Å². The average Bonchev–Trinajstić information content (AvgIpc) is 2.54. The molecule has 0 aliphatic rings. The van der Waals surface area contributed by atoms with Crippen molar-refractivity contribution in [2.24, 2.45) is 0 Å². The van der Waals surface area contributed by atoms with Gasteiger partial charge >= 0.3 is 0 Å². The lowest BCUT2D eigenvalue weighted by atomic mass is 10.1. The van der Waals surface area contributed by atoms with E-state index >= 15 is 0 Å². The number of fused-ring (bicyclic) bond motifs is 1. The van der Waals surface area contributed by atoms with Crippen LogP contribution in [0, 0.1) is 0 Å². The van der Waals surface area contributed by atoms with Gasteiger partial charge in [-0.1, -0.05) is 11.6 Å². The SMILES string of the molecule is COc1ccc(NC(=O)c2ccc3nccnc3c2)cc1Cl. The van der Waals surface area contributed by atoms with Crippen LogP contribution < -0.4 is 10.1 Å². The fourth-order valence-corrected chi connectivity index (χ4v) is 2.31. The van der Waals surface area contributed by atoms with E-state index in [1.165, 1.54) is 7.11 Å². The Hall–Kier alpha value is -2.66. The van der Waals surface area contributed by atoms with E-state index in [1.54, 1.807) is 48.8 Å². The van der Waals surface area contributed by atoms with Crippen LogP contribution >= 0.6 is 11.6 Å². The molecule has 110 valence electrons. The first-order valence-corrected chi connectivity index (χ1v) is 6.91. The number of carbonyl (C=O) groups is 1. The fourth-order valence-electron chi connectivity index (χ4n) is 2.05. The Morgan fingerprint density at radius 1 is 1.09 bits per heavy atom. The third kappa shape index (κ3) is 2.84. The summed E-state index contributed by atoms with van der Waals surface area (Å²) in [7, 11) is 1.54. The number of anilines is 1. The van der Waals surface area contributed by atoms with Crippen LogP contribution in [0.4, 0.5) is 5.69 Å². The Labute approximate surface area is 131 Å². The standard InChI is InChI=1S/C16H12ClN3O2/c1-22-15-5-3-11(9-12(15)17)20-16(21)10-2-4-13-14(8-10)19-7-6-18-13/h2-9H,1H3,(H,20,21). The maximum absolute atomic E-state index is 12.3. The van der Waals surface area contributed by atoms with E-state index in [4.69, 9.17) is 16.3 Å². The van der Waals surface area contributed by atoms with Gasteiger partial charge in [0.05, 0.1) is 23.2 Å². The number of nitrogens with zero attached hydrogens (tertiary/aromatic N) is 2. The second-order valence-corrected chi connectivity index (χ2v) is 4.97. The molecule has 0 fully saturated rings. The molecule has 0 unspecified atom stereocenters. The molecule has 1 N–H and O–H groups in total. The molecule has 1 heterocycles. The van der Waals surface area contributed by atoms with Gasteiger partial charge in [0.2, 0.25) is 0 Å². The van der Waals surface area contributed by atoms with Crippen LogP contribution in [0.25, 0.3) is 11.0 Å². The molecule has 1 aromatic heterocycles. The highest BCUT2D eigenvalue weighted by atomic mass is 35.5. The van der Waals surface area contributed by atoms with Crippen molar-refractivity contribution in [3.8, 4) is 5.75 Å². The molecular weight excluding hydrogens is 302 g/mol. The largest absolute Gasteiger partial charge is 0.495 e. The van der Waals surface area contributed by atoms with Crippen molar-refractivity contribution >= 4 is 34.2 Å². The number of nitrogens with one attached hydrogen (secondary N) is 1. The number of aromatic nitrogens is 2. The zero-order valence-electron chi connectivity index (χ0n) is 11.7. The third-order valence-electron chi connectivity index (χ3n) is 3.14. The topological polar surface area (TPSA) is 64.1 Å². The van der Waals surface area contributed by atoms with Crippen molar-refractivity contribution in [1.82, 2.24) is 9.97 Å². The van der Waals surface area contributed by atoms with E-state index in [-0.39, 0.29) is 5.91 Å². The third-order valence-corrected chi connectivity index (χ3v) is 3.44. The molecule has 0 spiro atoms.